The summed E-state index contributed by atoms with van der Waals surface area (Å²) in [5, 5.41) is 0.924. The van der Waals surface area contributed by atoms with Crippen LogP contribution in [0.3, 0.4) is 0 Å². The Bertz CT molecular complexity index is 1340. The van der Waals surface area contributed by atoms with Crippen molar-refractivity contribution in [3.63, 3.8) is 0 Å². The first-order valence-electron chi connectivity index (χ1n) is 10.8. The van der Waals surface area contributed by atoms with Crippen molar-refractivity contribution in [3.8, 4) is 11.3 Å². The highest BCUT2D eigenvalue weighted by molar-refractivity contribution is 7.22. The van der Waals surface area contributed by atoms with Gasteiger partial charge in [0.1, 0.15) is 5.49 Å². The minimum atomic E-state index is -0.140. The van der Waals surface area contributed by atoms with E-state index in [1.165, 1.54) is 11.3 Å². The van der Waals surface area contributed by atoms with Gasteiger partial charge < -0.3 is 4.90 Å². The van der Waals surface area contributed by atoms with E-state index < -0.39 is 0 Å². The molecule has 0 spiro atoms. The van der Waals surface area contributed by atoms with Crippen molar-refractivity contribution in [2.75, 3.05) is 18.0 Å². The maximum atomic E-state index is 13.8. The van der Waals surface area contributed by atoms with Gasteiger partial charge in [0, 0.05) is 43.3 Å². The van der Waals surface area contributed by atoms with Gasteiger partial charge in [-0.15, -0.1) is 0 Å². The molecule has 4 aromatic heterocycles. The molecule has 5 heterocycles. The average molecular weight is 445 g/mol. The summed E-state index contributed by atoms with van der Waals surface area (Å²) < 4.78 is 2.41. The Kier molecular flexibility index (Phi) is 5.53. The molecule has 8 heteroatoms. The Hall–Kier alpha value is -3.39. The molecule has 0 atom stereocenters. The van der Waals surface area contributed by atoms with Crippen LogP contribution >= 0.6 is 11.3 Å². The molecular formula is C24H24N6OS. The molecule has 1 aliphatic heterocycles. The van der Waals surface area contributed by atoms with Crippen molar-refractivity contribution in [1.29, 1.82) is 0 Å². The molecule has 0 saturated carbocycles. The lowest BCUT2D eigenvalue weighted by molar-refractivity contribution is 0.0956. The third-order valence-electron chi connectivity index (χ3n) is 5.36. The predicted octanol–water partition coefficient (Wildman–Crippen LogP) is 4.15. The lowest BCUT2D eigenvalue weighted by Crippen LogP contribution is -2.28. The highest BCUT2D eigenvalue weighted by Gasteiger charge is 2.22. The van der Waals surface area contributed by atoms with Crippen LogP contribution in [0.25, 0.3) is 21.6 Å². The molecule has 5 rings (SSSR count). The number of pyridine rings is 3. The largest absolute Gasteiger partial charge is 0.348 e. The zero-order valence-corrected chi connectivity index (χ0v) is 18.9. The van der Waals surface area contributed by atoms with Gasteiger partial charge in [0.2, 0.25) is 0 Å². The molecule has 0 radical (unpaired) electrons. The molecule has 4 aromatic rings. The number of anilines is 1. The Morgan fingerprint density at radius 2 is 1.97 bits per heavy atom. The molecule has 0 unspecified atom stereocenters. The molecule has 1 aliphatic rings. The van der Waals surface area contributed by atoms with Gasteiger partial charge in [0.15, 0.2) is 10.8 Å². The lowest BCUT2D eigenvalue weighted by atomic mass is 10.1. The summed E-state index contributed by atoms with van der Waals surface area (Å²) in [5.41, 5.74) is 3.34. The van der Waals surface area contributed by atoms with Crippen LogP contribution in [0.2, 0.25) is 0 Å². The molecule has 1 fully saturated rings. The second-order valence-corrected chi connectivity index (χ2v) is 9.07. The van der Waals surface area contributed by atoms with E-state index in [9.17, 15) is 4.79 Å². The summed E-state index contributed by atoms with van der Waals surface area (Å²) in [4.78, 5) is 34.5. The van der Waals surface area contributed by atoms with Gasteiger partial charge in [-0.3, -0.25) is 19.3 Å². The number of hydrogen-bond donors (Lipinski definition) is 0. The van der Waals surface area contributed by atoms with E-state index in [1.807, 2.05) is 50.2 Å². The van der Waals surface area contributed by atoms with Crippen LogP contribution in [-0.2, 0) is 0 Å². The minimum Gasteiger partial charge on any atom is -0.348 e. The number of aromatic nitrogens is 4. The monoisotopic (exact) mass is 444 g/mol. The van der Waals surface area contributed by atoms with Crippen molar-refractivity contribution in [2.24, 2.45) is 4.99 Å². The Balaban J connectivity index is 1.71. The summed E-state index contributed by atoms with van der Waals surface area (Å²) in [6.07, 6.45) is 7.57. The number of hydrogen-bond acceptors (Lipinski definition) is 7. The van der Waals surface area contributed by atoms with Gasteiger partial charge in [-0.05, 0) is 57.0 Å². The van der Waals surface area contributed by atoms with E-state index >= 15 is 0 Å². The standard InChI is InChI=1S/C24H24N6OS/c1-16(2)26-20-9-3-4-13-30(20)23(31)18-14-19(17-8-7-10-25-15-17)27-22-21(18)32-24(28-22)29-11-5-6-12-29/h3-4,7-10,13-16H,5-6,11-12H2,1-2H3. The van der Waals surface area contributed by atoms with E-state index in [2.05, 4.69) is 14.9 Å². The maximum Gasteiger partial charge on any atom is 0.265 e. The van der Waals surface area contributed by atoms with Gasteiger partial charge in [-0.25, -0.2) is 4.98 Å². The van der Waals surface area contributed by atoms with Crippen molar-refractivity contribution < 1.29 is 4.79 Å². The first kappa shape index (κ1) is 20.5. The molecule has 0 aliphatic carbocycles. The normalized spacial score (nSPS) is 14.6. The molecule has 0 aromatic carbocycles. The molecule has 1 saturated heterocycles. The molecule has 32 heavy (non-hydrogen) atoms. The lowest BCUT2D eigenvalue weighted by Gasteiger charge is -2.11. The van der Waals surface area contributed by atoms with Gasteiger partial charge in [-0.2, -0.15) is 4.98 Å². The van der Waals surface area contributed by atoms with Crippen LogP contribution in [0.5, 0.6) is 0 Å². The summed E-state index contributed by atoms with van der Waals surface area (Å²) >= 11 is 1.54. The minimum absolute atomic E-state index is 0.0741. The van der Waals surface area contributed by atoms with Crippen molar-refractivity contribution in [2.45, 2.75) is 32.7 Å². The fourth-order valence-corrected chi connectivity index (χ4v) is 4.94. The topological polar surface area (TPSA) is 76.3 Å². The van der Waals surface area contributed by atoms with Gasteiger partial charge >= 0.3 is 0 Å². The highest BCUT2D eigenvalue weighted by atomic mass is 32.1. The van der Waals surface area contributed by atoms with Crippen LogP contribution in [0, 0.1) is 0 Å². The Morgan fingerprint density at radius 3 is 2.72 bits per heavy atom. The SMILES string of the molecule is CC(C)N=c1ccccn1C(=O)c1cc(-c2cccnc2)nc2nc(N3CCCC3)sc12. The second kappa shape index (κ2) is 8.63. The summed E-state index contributed by atoms with van der Waals surface area (Å²) in [6.45, 7) is 5.98. The molecule has 7 nitrogen and oxygen atoms in total. The number of nitrogens with zero attached hydrogens (tertiary/aromatic N) is 6. The third-order valence-corrected chi connectivity index (χ3v) is 6.50. The number of rotatable bonds is 4. The first-order chi connectivity index (χ1) is 15.6. The van der Waals surface area contributed by atoms with Gasteiger partial charge in [0.25, 0.3) is 5.91 Å². The van der Waals surface area contributed by atoms with Crippen molar-refractivity contribution >= 4 is 32.7 Å². The summed E-state index contributed by atoms with van der Waals surface area (Å²) in [7, 11) is 0. The molecule has 0 bridgehead atoms. The Morgan fingerprint density at radius 1 is 1.12 bits per heavy atom. The quantitative estimate of drug-likeness (QED) is 0.473. The van der Waals surface area contributed by atoms with E-state index in [1.54, 1.807) is 23.2 Å². The number of carbonyl (C=O) groups is 1. The summed E-state index contributed by atoms with van der Waals surface area (Å²) in [5.74, 6) is -0.140. The van der Waals surface area contributed by atoms with Crippen LogP contribution < -0.4 is 10.4 Å². The van der Waals surface area contributed by atoms with Crippen LogP contribution in [0.1, 0.15) is 37.0 Å². The molecule has 162 valence electrons. The van der Waals surface area contributed by atoms with Crippen molar-refractivity contribution in [1.82, 2.24) is 19.5 Å². The Labute approximate surface area is 190 Å². The maximum absolute atomic E-state index is 13.8. The van der Waals surface area contributed by atoms with Gasteiger partial charge in [-0.1, -0.05) is 17.4 Å². The number of thiazole rings is 1. The van der Waals surface area contributed by atoms with Crippen molar-refractivity contribution in [3.05, 3.63) is 66.0 Å². The van der Waals surface area contributed by atoms with E-state index in [0.717, 1.165) is 41.3 Å². The fraction of sp³-hybridized carbons (Fsp3) is 0.292. The molecular weight excluding hydrogens is 420 g/mol. The first-order valence-corrected chi connectivity index (χ1v) is 11.6. The van der Waals surface area contributed by atoms with E-state index in [4.69, 9.17) is 9.97 Å². The third kappa shape index (κ3) is 3.93. The smallest absolute Gasteiger partial charge is 0.265 e. The van der Waals surface area contributed by atoms with Gasteiger partial charge in [0.05, 0.1) is 16.0 Å². The van der Waals surface area contributed by atoms with E-state index in [0.29, 0.717) is 22.4 Å². The zero-order valence-electron chi connectivity index (χ0n) is 18.1. The van der Waals surface area contributed by atoms with Crippen LogP contribution in [0.4, 0.5) is 5.13 Å². The zero-order chi connectivity index (χ0) is 22.1. The highest BCUT2D eigenvalue weighted by Crippen LogP contribution is 2.34. The molecule has 0 amide bonds. The fourth-order valence-electron chi connectivity index (χ4n) is 3.87. The average Bonchev–Trinajstić information content (AvgIpc) is 3.48. The summed E-state index contributed by atoms with van der Waals surface area (Å²) in [6, 6.07) is 11.3. The molecule has 0 N–H and O–H groups in total. The van der Waals surface area contributed by atoms with Crippen LogP contribution in [0.15, 0.2) is 60.0 Å². The van der Waals surface area contributed by atoms with Crippen LogP contribution in [-0.4, -0.2) is 44.6 Å². The number of fused-ring (bicyclic) bond motifs is 1. The second-order valence-electron chi connectivity index (χ2n) is 8.10. The predicted molar refractivity (Wildman–Crippen MR) is 127 cm³/mol. The number of carbonyl (C=O) groups excluding carboxylic acids is 1. The van der Waals surface area contributed by atoms with E-state index in [-0.39, 0.29) is 11.9 Å².